The highest BCUT2D eigenvalue weighted by Crippen LogP contribution is 2.21. The first-order valence-corrected chi connectivity index (χ1v) is 6.28. The Labute approximate surface area is 108 Å². The van der Waals surface area contributed by atoms with Crippen LogP contribution < -0.4 is 0 Å². The van der Waals surface area contributed by atoms with Crippen molar-refractivity contribution in [2.75, 3.05) is 0 Å². The molecule has 0 saturated carbocycles. The lowest BCUT2D eigenvalue weighted by atomic mass is 10.1. The maximum absolute atomic E-state index is 12.8. The second-order valence-electron chi connectivity index (χ2n) is 3.66. The Morgan fingerprint density at radius 1 is 1.22 bits per heavy atom. The molecule has 1 atom stereocenters. The SMILES string of the molecule is CC(Sc1ncccn1)C(=O)c1ccc(F)cc1. The molecule has 0 fully saturated rings. The van der Waals surface area contributed by atoms with Crippen molar-refractivity contribution < 1.29 is 9.18 Å². The smallest absolute Gasteiger partial charge is 0.188 e. The van der Waals surface area contributed by atoms with E-state index in [-0.39, 0.29) is 16.9 Å². The number of hydrogen-bond donors (Lipinski definition) is 0. The van der Waals surface area contributed by atoms with Crippen LogP contribution in [0.5, 0.6) is 0 Å². The Morgan fingerprint density at radius 2 is 1.83 bits per heavy atom. The molecule has 1 aromatic carbocycles. The van der Waals surface area contributed by atoms with Gasteiger partial charge in [-0.05, 0) is 37.3 Å². The van der Waals surface area contributed by atoms with Crippen LogP contribution in [0, 0.1) is 5.82 Å². The number of carbonyl (C=O) groups is 1. The maximum atomic E-state index is 12.8. The van der Waals surface area contributed by atoms with Gasteiger partial charge in [0, 0.05) is 18.0 Å². The molecule has 92 valence electrons. The minimum atomic E-state index is -0.349. The molecule has 0 bridgehead atoms. The fraction of sp³-hybridized carbons (Fsp3) is 0.154. The molecule has 1 heterocycles. The molecule has 2 rings (SSSR count). The van der Waals surface area contributed by atoms with Gasteiger partial charge in [-0.15, -0.1) is 0 Å². The second-order valence-corrected chi connectivity index (χ2v) is 4.97. The van der Waals surface area contributed by atoms with Gasteiger partial charge in [0.1, 0.15) is 5.82 Å². The molecule has 2 aromatic rings. The zero-order chi connectivity index (χ0) is 13.0. The van der Waals surface area contributed by atoms with Gasteiger partial charge in [-0.3, -0.25) is 4.79 Å². The summed E-state index contributed by atoms with van der Waals surface area (Å²) in [4.78, 5) is 20.2. The van der Waals surface area contributed by atoms with Crippen molar-refractivity contribution in [2.45, 2.75) is 17.3 Å². The highest BCUT2D eigenvalue weighted by molar-refractivity contribution is 8.00. The second kappa shape index (κ2) is 5.73. The average Bonchev–Trinajstić information content (AvgIpc) is 2.40. The highest BCUT2D eigenvalue weighted by Gasteiger charge is 2.17. The minimum absolute atomic E-state index is 0.0625. The number of carbonyl (C=O) groups excluding carboxylic acids is 1. The van der Waals surface area contributed by atoms with Crippen molar-refractivity contribution in [3.8, 4) is 0 Å². The summed E-state index contributed by atoms with van der Waals surface area (Å²) in [5.74, 6) is -0.411. The maximum Gasteiger partial charge on any atom is 0.188 e. The van der Waals surface area contributed by atoms with E-state index in [2.05, 4.69) is 9.97 Å². The van der Waals surface area contributed by atoms with E-state index in [1.807, 2.05) is 0 Å². The molecule has 0 saturated heterocycles. The molecule has 0 radical (unpaired) electrons. The predicted octanol–water partition coefficient (Wildman–Crippen LogP) is 2.98. The Kier molecular flexibility index (Phi) is 4.04. The number of ketones is 1. The quantitative estimate of drug-likeness (QED) is 0.482. The van der Waals surface area contributed by atoms with Gasteiger partial charge in [0.2, 0.25) is 0 Å². The molecular weight excluding hydrogens is 251 g/mol. The number of nitrogens with zero attached hydrogens (tertiary/aromatic N) is 2. The summed E-state index contributed by atoms with van der Waals surface area (Å²) in [7, 11) is 0. The number of rotatable bonds is 4. The van der Waals surface area contributed by atoms with Crippen LogP contribution in [0.3, 0.4) is 0 Å². The fourth-order valence-electron chi connectivity index (χ4n) is 1.41. The van der Waals surface area contributed by atoms with E-state index < -0.39 is 0 Å². The predicted molar refractivity (Wildman–Crippen MR) is 68.1 cm³/mol. The van der Waals surface area contributed by atoms with Crippen LogP contribution in [0.15, 0.2) is 47.9 Å². The molecule has 1 aromatic heterocycles. The molecular formula is C13H11FN2OS. The third-order valence-electron chi connectivity index (χ3n) is 2.32. The molecule has 0 aliphatic rings. The van der Waals surface area contributed by atoms with Crippen molar-refractivity contribution >= 4 is 17.5 Å². The van der Waals surface area contributed by atoms with Crippen molar-refractivity contribution in [1.82, 2.24) is 9.97 Å². The number of hydrogen-bond acceptors (Lipinski definition) is 4. The van der Waals surface area contributed by atoms with E-state index >= 15 is 0 Å². The van der Waals surface area contributed by atoms with Crippen LogP contribution in [0.1, 0.15) is 17.3 Å². The van der Waals surface area contributed by atoms with E-state index in [1.165, 1.54) is 36.0 Å². The van der Waals surface area contributed by atoms with E-state index in [0.717, 1.165) is 0 Å². The zero-order valence-corrected chi connectivity index (χ0v) is 10.5. The van der Waals surface area contributed by atoms with E-state index in [9.17, 15) is 9.18 Å². The van der Waals surface area contributed by atoms with Crippen LogP contribution >= 0.6 is 11.8 Å². The van der Waals surface area contributed by atoms with Crippen LogP contribution in [0.2, 0.25) is 0 Å². The molecule has 0 N–H and O–H groups in total. The summed E-state index contributed by atoms with van der Waals surface area (Å²) in [6.07, 6.45) is 3.26. The highest BCUT2D eigenvalue weighted by atomic mass is 32.2. The number of benzene rings is 1. The first kappa shape index (κ1) is 12.7. The molecule has 1 unspecified atom stereocenters. The van der Waals surface area contributed by atoms with Crippen molar-refractivity contribution in [3.05, 3.63) is 54.1 Å². The third kappa shape index (κ3) is 3.13. The van der Waals surface area contributed by atoms with Gasteiger partial charge in [-0.1, -0.05) is 11.8 Å². The monoisotopic (exact) mass is 262 g/mol. The Morgan fingerprint density at radius 3 is 2.44 bits per heavy atom. The topological polar surface area (TPSA) is 42.9 Å². The van der Waals surface area contributed by atoms with Gasteiger partial charge >= 0.3 is 0 Å². The first-order valence-electron chi connectivity index (χ1n) is 5.40. The van der Waals surface area contributed by atoms with Crippen LogP contribution in [-0.4, -0.2) is 21.0 Å². The summed E-state index contributed by atoms with van der Waals surface area (Å²) in [5.41, 5.74) is 0.493. The minimum Gasteiger partial charge on any atom is -0.293 e. The van der Waals surface area contributed by atoms with Crippen LogP contribution in [0.4, 0.5) is 4.39 Å². The number of thioether (sulfide) groups is 1. The van der Waals surface area contributed by atoms with Crippen LogP contribution in [-0.2, 0) is 0 Å². The van der Waals surface area contributed by atoms with Gasteiger partial charge in [-0.25, -0.2) is 14.4 Å². The summed E-state index contributed by atoms with van der Waals surface area (Å²) < 4.78 is 12.8. The summed E-state index contributed by atoms with van der Waals surface area (Å²) in [6, 6.07) is 7.25. The van der Waals surface area contributed by atoms with Gasteiger partial charge < -0.3 is 0 Å². The first-order chi connectivity index (χ1) is 8.66. The molecule has 0 spiro atoms. The van der Waals surface area contributed by atoms with E-state index in [0.29, 0.717) is 10.7 Å². The Hall–Kier alpha value is -1.75. The lowest BCUT2D eigenvalue weighted by molar-refractivity contribution is 0.0994. The van der Waals surface area contributed by atoms with Crippen LogP contribution in [0.25, 0.3) is 0 Å². The molecule has 3 nitrogen and oxygen atoms in total. The molecule has 0 amide bonds. The molecule has 18 heavy (non-hydrogen) atoms. The third-order valence-corrected chi connectivity index (χ3v) is 3.31. The lowest BCUT2D eigenvalue weighted by Gasteiger charge is -2.08. The van der Waals surface area contributed by atoms with E-state index in [1.54, 1.807) is 25.4 Å². The molecule has 5 heteroatoms. The van der Waals surface area contributed by atoms with Crippen molar-refractivity contribution in [2.24, 2.45) is 0 Å². The summed E-state index contributed by atoms with van der Waals surface area (Å²) >= 11 is 1.29. The molecule has 0 aliphatic heterocycles. The number of Topliss-reactive ketones (excluding diaryl/α,β-unsaturated/α-hetero) is 1. The van der Waals surface area contributed by atoms with Gasteiger partial charge in [0.05, 0.1) is 5.25 Å². The van der Waals surface area contributed by atoms with Gasteiger partial charge in [0.15, 0.2) is 10.9 Å². The standard InChI is InChI=1S/C13H11FN2OS/c1-9(18-13-15-7-2-8-16-13)12(17)10-3-5-11(14)6-4-10/h2-9H,1H3. The van der Waals surface area contributed by atoms with Crippen molar-refractivity contribution in [3.63, 3.8) is 0 Å². The largest absolute Gasteiger partial charge is 0.293 e. The summed E-state index contributed by atoms with van der Waals surface area (Å²) in [5, 5.41) is 0.248. The Bertz CT molecular complexity index is 530. The van der Waals surface area contributed by atoms with Gasteiger partial charge in [0.25, 0.3) is 0 Å². The summed E-state index contributed by atoms with van der Waals surface area (Å²) in [6.45, 7) is 1.78. The van der Waals surface area contributed by atoms with Crippen molar-refractivity contribution in [1.29, 1.82) is 0 Å². The normalized spacial score (nSPS) is 12.1. The average molecular weight is 262 g/mol. The fourth-order valence-corrected chi connectivity index (χ4v) is 2.21. The van der Waals surface area contributed by atoms with Gasteiger partial charge in [-0.2, -0.15) is 0 Å². The lowest BCUT2D eigenvalue weighted by Crippen LogP contribution is -2.13. The number of aromatic nitrogens is 2. The molecule has 0 aliphatic carbocycles. The number of halogens is 1. The zero-order valence-electron chi connectivity index (χ0n) is 9.71. The Balaban J connectivity index is 2.07. The van der Waals surface area contributed by atoms with E-state index in [4.69, 9.17) is 0 Å².